The molecule has 0 amide bonds. The van der Waals surface area contributed by atoms with Gasteiger partial charge in [-0.3, -0.25) is 0 Å². The third-order valence-corrected chi connectivity index (χ3v) is 2.71. The van der Waals surface area contributed by atoms with Gasteiger partial charge in [0.2, 0.25) is 0 Å². The first kappa shape index (κ1) is 10.6. The summed E-state index contributed by atoms with van der Waals surface area (Å²) in [6, 6.07) is 3.35. The first-order valence-electron chi connectivity index (χ1n) is 3.62. The first-order valence-corrected chi connectivity index (χ1v) is 5.51. The van der Waals surface area contributed by atoms with Crippen molar-refractivity contribution in [2.75, 3.05) is 6.26 Å². The molecule has 0 aliphatic carbocycles. The highest BCUT2D eigenvalue weighted by Gasteiger charge is 2.09. The number of halogens is 1. The third kappa shape index (κ3) is 2.29. The lowest BCUT2D eigenvalue weighted by molar-refractivity contribution is 0.321. The van der Waals surface area contributed by atoms with Crippen LogP contribution in [0, 0.1) is 5.82 Å². The summed E-state index contributed by atoms with van der Waals surface area (Å²) < 4.78 is 35.1. The fourth-order valence-electron chi connectivity index (χ4n) is 0.905. The lowest BCUT2D eigenvalue weighted by Gasteiger charge is -1.99. The Morgan fingerprint density at radius 3 is 2.57 bits per heavy atom. The van der Waals surface area contributed by atoms with E-state index < -0.39 is 15.7 Å². The molecule has 0 radical (unpaired) electrons. The lowest BCUT2D eigenvalue weighted by Crippen LogP contribution is -1.99. The molecule has 1 N–H and O–H groups in total. The molecule has 0 aliphatic rings. The van der Waals surface area contributed by atoms with Crippen molar-refractivity contribution in [3.63, 3.8) is 0 Å². The number of oxime groups is 1. The lowest BCUT2D eigenvalue weighted by atomic mass is 10.2. The molecule has 14 heavy (non-hydrogen) atoms. The SMILES string of the molecule is CS(=O)(=O)c1ccc(/C=N/O)c(F)c1. The molecule has 0 heterocycles. The van der Waals surface area contributed by atoms with E-state index in [0.717, 1.165) is 18.5 Å². The van der Waals surface area contributed by atoms with E-state index in [4.69, 9.17) is 5.21 Å². The Labute approximate surface area is 80.6 Å². The van der Waals surface area contributed by atoms with Crippen molar-refractivity contribution in [1.29, 1.82) is 0 Å². The van der Waals surface area contributed by atoms with Crippen LogP contribution in [0.5, 0.6) is 0 Å². The van der Waals surface area contributed by atoms with E-state index in [-0.39, 0.29) is 10.5 Å². The highest BCUT2D eigenvalue weighted by atomic mass is 32.2. The van der Waals surface area contributed by atoms with Crippen LogP contribution in [0.15, 0.2) is 28.3 Å². The first-order chi connectivity index (χ1) is 6.45. The average molecular weight is 217 g/mol. The minimum Gasteiger partial charge on any atom is -0.411 e. The topological polar surface area (TPSA) is 66.7 Å². The zero-order chi connectivity index (χ0) is 10.8. The second kappa shape index (κ2) is 3.75. The van der Waals surface area contributed by atoms with Gasteiger partial charge in [0.1, 0.15) is 5.82 Å². The predicted molar refractivity (Wildman–Crippen MR) is 48.9 cm³/mol. The van der Waals surface area contributed by atoms with Gasteiger partial charge in [-0.15, -0.1) is 0 Å². The molecular formula is C8H8FNO3S. The highest BCUT2D eigenvalue weighted by Crippen LogP contribution is 2.13. The number of rotatable bonds is 2. The van der Waals surface area contributed by atoms with Crippen LogP contribution in [0.2, 0.25) is 0 Å². The maximum atomic E-state index is 13.1. The van der Waals surface area contributed by atoms with Crippen molar-refractivity contribution in [2.45, 2.75) is 4.90 Å². The molecule has 0 atom stereocenters. The average Bonchev–Trinajstić information content (AvgIpc) is 2.07. The molecule has 0 spiro atoms. The van der Waals surface area contributed by atoms with Gasteiger partial charge < -0.3 is 5.21 Å². The Hall–Kier alpha value is -1.43. The van der Waals surface area contributed by atoms with E-state index in [1.165, 1.54) is 12.1 Å². The van der Waals surface area contributed by atoms with Crippen LogP contribution in [-0.2, 0) is 9.84 Å². The van der Waals surface area contributed by atoms with Crippen LogP contribution in [-0.4, -0.2) is 26.1 Å². The number of hydrogen-bond acceptors (Lipinski definition) is 4. The van der Waals surface area contributed by atoms with E-state index in [1.54, 1.807) is 0 Å². The van der Waals surface area contributed by atoms with Crippen LogP contribution in [0.3, 0.4) is 0 Å². The van der Waals surface area contributed by atoms with Crippen LogP contribution in [0.25, 0.3) is 0 Å². The summed E-state index contributed by atoms with van der Waals surface area (Å²) in [5, 5.41) is 10.8. The molecule has 1 aromatic rings. The summed E-state index contributed by atoms with van der Waals surface area (Å²) in [4.78, 5) is -0.106. The molecule has 1 aromatic carbocycles. The van der Waals surface area contributed by atoms with E-state index in [0.29, 0.717) is 0 Å². The standard InChI is InChI=1S/C8H8FNO3S/c1-14(12,13)7-3-2-6(5-10-11)8(9)4-7/h2-5,11H,1H3/b10-5+. The van der Waals surface area contributed by atoms with Gasteiger partial charge in [-0.25, -0.2) is 12.8 Å². The Morgan fingerprint density at radius 1 is 1.50 bits per heavy atom. The van der Waals surface area contributed by atoms with Crippen molar-refractivity contribution in [3.05, 3.63) is 29.6 Å². The molecule has 0 aromatic heterocycles. The Morgan fingerprint density at radius 2 is 2.14 bits per heavy atom. The molecule has 4 nitrogen and oxygen atoms in total. The zero-order valence-corrected chi connectivity index (χ0v) is 8.12. The van der Waals surface area contributed by atoms with E-state index in [2.05, 4.69) is 5.16 Å². The number of sulfone groups is 1. The molecule has 0 saturated heterocycles. The summed E-state index contributed by atoms with van der Waals surface area (Å²) in [5.41, 5.74) is 0.0277. The van der Waals surface area contributed by atoms with Gasteiger partial charge in [-0.05, 0) is 18.2 Å². The summed E-state index contributed by atoms with van der Waals surface area (Å²) in [6.45, 7) is 0. The molecule has 0 saturated carbocycles. The Bertz CT molecular complexity index is 467. The summed E-state index contributed by atoms with van der Waals surface area (Å²) in [5.74, 6) is -0.745. The van der Waals surface area contributed by atoms with E-state index in [9.17, 15) is 12.8 Å². The van der Waals surface area contributed by atoms with Crippen LogP contribution in [0.1, 0.15) is 5.56 Å². The highest BCUT2D eigenvalue weighted by molar-refractivity contribution is 7.90. The fraction of sp³-hybridized carbons (Fsp3) is 0.125. The van der Waals surface area contributed by atoms with Gasteiger partial charge in [0, 0.05) is 11.8 Å². The van der Waals surface area contributed by atoms with Crippen molar-refractivity contribution in [1.82, 2.24) is 0 Å². The molecule has 0 aliphatic heterocycles. The molecule has 0 unspecified atom stereocenters. The second-order valence-corrected chi connectivity index (χ2v) is 4.72. The number of benzene rings is 1. The van der Waals surface area contributed by atoms with E-state index in [1.807, 2.05) is 0 Å². The zero-order valence-electron chi connectivity index (χ0n) is 7.31. The van der Waals surface area contributed by atoms with Gasteiger partial charge >= 0.3 is 0 Å². The van der Waals surface area contributed by atoms with Crippen LogP contribution in [0.4, 0.5) is 4.39 Å². The minimum absolute atomic E-state index is 0.0277. The van der Waals surface area contributed by atoms with Gasteiger partial charge in [0.15, 0.2) is 9.84 Å². The summed E-state index contributed by atoms with van der Waals surface area (Å²) in [7, 11) is -3.40. The predicted octanol–water partition coefficient (Wildman–Crippen LogP) is 1.04. The van der Waals surface area contributed by atoms with Gasteiger partial charge in [0.25, 0.3) is 0 Å². The van der Waals surface area contributed by atoms with Crippen molar-refractivity contribution in [3.8, 4) is 0 Å². The molecule has 1 rings (SSSR count). The quantitative estimate of drug-likeness (QED) is 0.457. The summed E-state index contributed by atoms with van der Waals surface area (Å²) >= 11 is 0. The van der Waals surface area contributed by atoms with Crippen LogP contribution < -0.4 is 0 Å². The Kier molecular flexibility index (Phi) is 2.85. The smallest absolute Gasteiger partial charge is 0.175 e. The number of hydrogen-bond donors (Lipinski definition) is 1. The molecule has 0 bridgehead atoms. The van der Waals surface area contributed by atoms with Gasteiger partial charge in [0.05, 0.1) is 11.1 Å². The number of nitrogens with zero attached hydrogens (tertiary/aromatic N) is 1. The monoisotopic (exact) mass is 217 g/mol. The van der Waals surface area contributed by atoms with Crippen molar-refractivity contribution < 1.29 is 18.0 Å². The van der Waals surface area contributed by atoms with Crippen LogP contribution >= 0.6 is 0 Å². The molecule has 6 heteroatoms. The molecular weight excluding hydrogens is 209 g/mol. The normalized spacial score (nSPS) is 12.1. The fourth-order valence-corrected chi connectivity index (χ4v) is 1.54. The maximum absolute atomic E-state index is 13.1. The maximum Gasteiger partial charge on any atom is 0.175 e. The van der Waals surface area contributed by atoms with E-state index >= 15 is 0 Å². The molecule has 76 valence electrons. The van der Waals surface area contributed by atoms with Crippen molar-refractivity contribution >= 4 is 16.1 Å². The minimum atomic E-state index is -3.40. The van der Waals surface area contributed by atoms with Gasteiger partial charge in [-0.1, -0.05) is 5.16 Å². The molecule has 0 fully saturated rings. The second-order valence-electron chi connectivity index (χ2n) is 2.70. The summed E-state index contributed by atoms with van der Waals surface area (Å²) in [6.07, 6.45) is 1.88. The van der Waals surface area contributed by atoms with Crippen molar-refractivity contribution in [2.24, 2.45) is 5.16 Å². The van der Waals surface area contributed by atoms with Gasteiger partial charge in [-0.2, -0.15) is 0 Å². The largest absolute Gasteiger partial charge is 0.411 e. The third-order valence-electron chi connectivity index (χ3n) is 1.60. The Balaban J connectivity index is 3.27.